The number of hydrogen-bond donors (Lipinski definition) is 3. The zero-order valence-electron chi connectivity index (χ0n) is 31.8. The number of alkyl carbamates (subject to hydrolysis) is 1. The molecule has 3 aliphatic rings. The highest BCUT2D eigenvalue weighted by Crippen LogP contribution is 2.34. The van der Waals surface area contributed by atoms with E-state index in [9.17, 15) is 19.2 Å². The number of urea groups is 1. The summed E-state index contributed by atoms with van der Waals surface area (Å²) in [5.41, 5.74) is 9.66. The van der Waals surface area contributed by atoms with Crippen molar-refractivity contribution in [2.75, 3.05) is 27.3 Å². The van der Waals surface area contributed by atoms with Crippen LogP contribution in [0.15, 0.2) is 65.9 Å². The lowest BCUT2D eigenvalue weighted by Crippen LogP contribution is -2.56. The number of aromatic nitrogens is 2. The van der Waals surface area contributed by atoms with E-state index in [1.54, 1.807) is 11.1 Å². The van der Waals surface area contributed by atoms with Crippen molar-refractivity contribution in [3.8, 4) is 22.4 Å². The predicted octanol–water partition coefficient (Wildman–Crippen LogP) is 6.54. The fraction of sp³-hybridized carbons (Fsp3) is 0.450. The average molecular weight is 739 g/mol. The first-order valence-electron chi connectivity index (χ1n) is 18.6. The van der Waals surface area contributed by atoms with E-state index < -0.39 is 18.2 Å². The van der Waals surface area contributed by atoms with Crippen molar-refractivity contribution in [3.63, 3.8) is 0 Å². The lowest BCUT2D eigenvalue weighted by molar-refractivity contribution is -0.135. The second-order valence-electron chi connectivity index (χ2n) is 14.5. The van der Waals surface area contributed by atoms with Gasteiger partial charge in [-0.2, -0.15) is 0 Å². The van der Waals surface area contributed by atoms with E-state index in [-0.39, 0.29) is 36.0 Å². The van der Waals surface area contributed by atoms with Crippen LogP contribution >= 0.6 is 0 Å². The van der Waals surface area contributed by atoms with Gasteiger partial charge in [-0.1, -0.05) is 62.4 Å². The summed E-state index contributed by atoms with van der Waals surface area (Å²) >= 11 is 0. The van der Waals surface area contributed by atoms with E-state index in [0.717, 1.165) is 70.7 Å². The molecule has 14 nitrogen and oxygen atoms in total. The molecule has 6 rings (SSSR count). The monoisotopic (exact) mass is 738 g/mol. The topological polar surface area (TPSA) is 162 Å². The SMILES string of the molecule is COC(=O)N[C@H](C(=O)N1CCC[C@H]1c1ncc(-c2ccc(-c3ccc(C4=CN=C([C@@H]5CCCN5C(=O)N(NC(=O)OC)C(C)C)C4)cc3)cc2)[nH]1)C(C)C. The predicted molar refractivity (Wildman–Crippen MR) is 205 cm³/mol. The van der Waals surface area contributed by atoms with Gasteiger partial charge in [0.05, 0.1) is 38.2 Å². The highest BCUT2D eigenvalue weighted by Gasteiger charge is 2.39. The number of nitrogens with zero attached hydrogens (tertiary/aromatic N) is 5. The van der Waals surface area contributed by atoms with Gasteiger partial charge in [-0.15, -0.1) is 0 Å². The number of hydrazine groups is 1. The Hall–Kier alpha value is -5.66. The summed E-state index contributed by atoms with van der Waals surface area (Å²) in [5, 5.41) is 4.01. The van der Waals surface area contributed by atoms with Crippen LogP contribution in [0.4, 0.5) is 14.4 Å². The van der Waals surface area contributed by atoms with E-state index >= 15 is 0 Å². The molecule has 4 heterocycles. The number of nitrogens with one attached hydrogen (secondary N) is 3. The van der Waals surface area contributed by atoms with Crippen molar-refractivity contribution in [1.82, 2.24) is 35.5 Å². The lowest BCUT2D eigenvalue weighted by atomic mass is 9.96. The Balaban J connectivity index is 1.07. The van der Waals surface area contributed by atoms with Gasteiger partial charge < -0.3 is 29.6 Å². The standard InChI is InChI=1S/C40H50N8O6/c1-24(2)35(44-38(50)53-5)37(49)46-19-8-10-34(46)36-42-23-32(43-36)29-17-15-27(16-18-29)26-11-13-28(14-12-26)30-21-31(41-22-30)33-9-7-20-47(33)40(52)48(25(3)4)45-39(51)54-6/h11-18,22-25,33-35H,7-10,19-21H2,1-6H3,(H,42,43)(H,44,50)(H,45,51)/t33-,34-,35-/m0/s1. The number of carbonyl (C=O) groups is 4. The Bertz CT molecular complexity index is 1900. The van der Waals surface area contributed by atoms with Crippen LogP contribution in [0.5, 0.6) is 0 Å². The molecule has 0 bridgehead atoms. The number of methoxy groups -OCH3 is 2. The van der Waals surface area contributed by atoms with Crippen molar-refractivity contribution in [1.29, 1.82) is 0 Å². The van der Waals surface area contributed by atoms with Crippen LogP contribution in [0.25, 0.3) is 28.0 Å². The Kier molecular flexibility index (Phi) is 11.7. The molecule has 54 heavy (non-hydrogen) atoms. The van der Waals surface area contributed by atoms with E-state index in [1.807, 2.05) is 38.8 Å². The third-order valence-corrected chi connectivity index (χ3v) is 10.4. The first kappa shape index (κ1) is 38.1. The molecule has 0 spiro atoms. The second kappa shape index (κ2) is 16.6. The third-order valence-electron chi connectivity index (χ3n) is 10.4. The number of hydrogen-bond acceptors (Lipinski definition) is 8. The second-order valence-corrected chi connectivity index (χ2v) is 14.5. The normalized spacial score (nSPS) is 18.7. The maximum Gasteiger partial charge on any atom is 0.425 e. The molecular formula is C40H50N8O6. The van der Waals surface area contributed by atoms with Gasteiger partial charge in [-0.05, 0) is 73.3 Å². The van der Waals surface area contributed by atoms with Crippen LogP contribution in [0, 0.1) is 5.92 Å². The van der Waals surface area contributed by atoms with Crippen molar-refractivity contribution in [2.45, 2.75) is 84.0 Å². The first-order valence-corrected chi connectivity index (χ1v) is 18.6. The zero-order chi connectivity index (χ0) is 38.5. The van der Waals surface area contributed by atoms with Crippen LogP contribution < -0.4 is 10.7 Å². The number of aliphatic imine (C=N–C) groups is 1. The first-order chi connectivity index (χ1) is 26.0. The molecule has 0 unspecified atom stereocenters. The van der Waals surface area contributed by atoms with Crippen molar-refractivity contribution in [2.24, 2.45) is 10.9 Å². The number of ether oxygens (including phenoxy) is 2. The summed E-state index contributed by atoms with van der Waals surface area (Å²) in [6, 6.07) is 15.2. The van der Waals surface area contributed by atoms with E-state index in [2.05, 4.69) is 69.2 Å². The van der Waals surface area contributed by atoms with Gasteiger partial charge in [0.2, 0.25) is 5.91 Å². The van der Waals surface area contributed by atoms with Crippen LogP contribution in [0.2, 0.25) is 0 Å². The number of aromatic amines is 1. The summed E-state index contributed by atoms with van der Waals surface area (Å²) in [5.74, 6) is 0.486. The number of likely N-dealkylation sites (tertiary alicyclic amines) is 2. The van der Waals surface area contributed by atoms with Gasteiger partial charge >= 0.3 is 18.2 Å². The number of H-pyrrole nitrogens is 1. The fourth-order valence-electron chi connectivity index (χ4n) is 7.41. The molecular weight excluding hydrogens is 688 g/mol. The van der Waals surface area contributed by atoms with Crippen molar-refractivity contribution in [3.05, 3.63) is 72.3 Å². The van der Waals surface area contributed by atoms with Crippen LogP contribution in [-0.2, 0) is 14.3 Å². The average Bonchev–Trinajstić information content (AvgIpc) is 4.02. The number of rotatable bonds is 9. The number of amides is 5. The van der Waals surface area contributed by atoms with Gasteiger partial charge in [-0.3, -0.25) is 9.79 Å². The molecule has 1 aromatic heterocycles. The van der Waals surface area contributed by atoms with Crippen LogP contribution in [-0.4, -0.2) is 100 Å². The highest BCUT2D eigenvalue weighted by atomic mass is 16.5. The molecule has 286 valence electrons. The Morgan fingerprint density at radius 1 is 0.815 bits per heavy atom. The van der Waals surface area contributed by atoms with Crippen molar-refractivity contribution < 1.29 is 28.7 Å². The molecule has 2 fully saturated rings. The summed E-state index contributed by atoms with van der Waals surface area (Å²) in [7, 11) is 2.56. The van der Waals surface area contributed by atoms with Gasteiger partial charge in [0.15, 0.2) is 0 Å². The van der Waals surface area contributed by atoms with Crippen LogP contribution in [0.1, 0.15) is 77.2 Å². The summed E-state index contributed by atoms with van der Waals surface area (Å²) in [6.07, 6.45) is 6.36. The molecule has 3 N–H and O–H groups in total. The Morgan fingerprint density at radius 3 is 2.02 bits per heavy atom. The number of allylic oxidation sites excluding steroid dienone is 1. The van der Waals surface area contributed by atoms with Gasteiger partial charge in [0.1, 0.15) is 11.9 Å². The molecule has 2 aromatic carbocycles. The maximum absolute atomic E-state index is 13.5. The Labute approximate surface area is 316 Å². The quantitative estimate of drug-likeness (QED) is 0.210. The molecule has 3 atom stereocenters. The highest BCUT2D eigenvalue weighted by molar-refractivity contribution is 6.03. The number of benzene rings is 2. The van der Waals surface area contributed by atoms with Crippen molar-refractivity contribution >= 4 is 35.4 Å². The fourth-order valence-corrected chi connectivity index (χ4v) is 7.41. The molecule has 0 saturated carbocycles. The van der Waals surface area contributed by atoms with E-state index in [4.69, 9.17) is 14.5 Å². The van der Waals surface area contributed by atoms with Crippen LogP contribution in [0.3, 0.4) is 0 Å². The molecule has 0 aliphatic carbocycles. The van der Waals surface area contributed by atoms with E-state index in [1.165, 1.54) is 19.2 Å². The number of carbonyl (C=O) groups excluding carboxylic acids is 4. The minimum absolute atomic E-state index is 0.102. The summed E-state index contributed by atoms with van der Waals surface area (Å²) < 4.78 is 9.47. The molecule has 14 heteroatoms. The van der Waals surface area contributed by atoms with E-state index in [0.29, 0.717) is 19.5 Å². The molecule has 2 saturated heterocycles. The molecule has 5 amide bonds. The lowest BCUT2D eigenvalue weighted by Gasteiger charge is -2.33. The minimum Gasteiger partial charge on any atom is -0.453 e. The molecule has 3 aliphatic heterocycles. The number of imidazole rings is 1. The summed E-state index contributed by atoms with van der Waals surface area (Å²) in [6.45, 7) is 8.67. The summed E-state index contributed by atoms with van der Waals surface area (Å²) in [4.78, 5) is 67.3. The van der Waals surface area contributed by atoms with Gasteiger partial charge in [-0.25, -0.2) is 29.8 Å². The van der Waals surface area contributed by atoms with Gasteiger partial charge in [0, 0.05) is 37.5 Å². The third kappa shape index (κ3) is 8.12. The smallest absolute Gasteiger partial charge is 0.425 e. The molecule has 0 radical (unpaired) electrons. The molecule has 3 aromatic rings. The minimum atomic E-state index is -0.685. The van der Waals surface area contributed by atoms with Gasteiger partial charge in [0.25, 0.3) is 0 Å². The zero-order valence-corrected chi connectivity index (χ0v) is 31.8. The largest absolute Gasteiger partial charge is 0.453 e. The Morgan fingerprint density at radius 2 is 1.41 bits per heavy atom. The maximum atomic E-state index is 13.5.